The zero-order valence-electron chi connectivity index (χ0n) is 7.51. The Labute approximate surface area is 79.1 Å². The summed E-state index contributed by atoms with van der Waals surface area (Å²) < 4.78 is 18.0. The van der Waals surface area contributed by atoms with Crippen molar-refractivity contribution in [2.45, 2.75) is 6.92 Å². The van der Waals surface area contributed by atoms with E-state index in [1.54, 1.807) is 0 Å². The van der Waals surface area contributed by atoms with E-state index in [9.17, 15) is 4.39 Å². The summed E-state index contributed by atoms with van der Waals surface area (Å²) in [5.41, 5.74) is 6.07. The van der Waals surface area contributed by atoms with Gasteiger partial charge in [0, 0.05) is 6.07 Å². The summed E-state index contributed by atoms with van der Waals surface area (Å²) in [6.45, 7) is 2.08. The van der Waals surface area contributed by atoms with Crippen LogP contribution in [0.3, 0.4) is 0 Å². The van der Waals surface area contributed by atoms with Crippen LogP contribution in [0.25, 0.3) is 0 Å². The van der Waals surface area contributed by atoms with Gasteiger partial charge in [0.15, 0.2) is 0 Å². The van der Waals surface area contributed by atoms with Crippen molar-refractivity contribution in [1.82, 2.24) is 0 Å². The van der Waals surface area contributed by atoms with Gasteiger partial charge in [0.2, 0.25) is 0 Å². The van der Waals surface area contributed by atoms with Crippen LogP contribution < -0.4 is 10.5 Å². The monoisotopic (exact) mass is 201 g/mol. The van der Waals surface area contributed by atoms with Crippen LogP contribution in [0, 0.1) is 5.82 Å². The molecule has 0 heterocycles. The van der Waals surface area contributed by atoms with E-state index >= 15 is 0 Å². The van der Waals surface area contributed by atoms with E-state index in [0.717, 1.165) is 14.7 Å². The second-order valence-electron chi connectivity index (χ2n) is 2.57. The number of nitrogen functional groups attached to an aromatic ring is 1. The quantitative estimate of drug-likeness (QED) is 0.461. The van der Waals surface area contributed by atoms with Crippen LogP contribution in [-0.4, -0.2) is 12.5 Å². The standard InChI is InChI=1S/C9H13FNOP/c1-2-13-6-12-9-5-7(10)3-4-8(9)11/h3-5,13H,2,6,11H2,1H3. The number of nitrogens with two attached hydrogens (primary N) is 1. The fourth-order valence-electron chi connectivity index (χ4n) is 0.864. The van der Waals surface area contributed by atoms with Crippen LogP contribution in [0.15, 0.2) is 18.2 Å². The molecule has 13 heavy (non-hydrogen) atoms. The molecule has 0 spiro atoms. The highest BCUT2D eigenvalue weighted by atomic mass is 31.1. The highest BCUT2D eigenvalue weighted by Crippen LogP contribution is 2.23. The molecule has 4 heteroatoms. The van der Waals surface area contributed by atoms with Crippen LogP contribution in [0.1, 0.15) is 6.92 Å². The maximum Gasteiger partial charge on any atom is 0.145 e. The fraction of sp³-hybridized carbons (Fsp3) is 0.333. The minimum atomic E-state index is -0.316. The second kappa shape index (κ2) is 5.03. The molecule has 0 aliphatic carbocycles. The normalized spacial score (nSPS) is 10.9. The molecular formula is C9H13FNOP. The Kier molecular flexibility index (Phi) is 3.97. The third-order valence-electron chi connectivity index (χ3n) is 1.56. The summed E-state index contributed by atoms with van der Waals surface area (Å²) >= 11 is 0. The fourth-order valence-corrected chi connectivity index (χ4v) is 1.33. The Bertz CT molecular complexity index is 280. The topological polar surface area (TPSA) is 35.2 Å². The van der Waals surface area contributed by atoms with Crippen molar-refractivity contribution in [1.29, 1.82) is 0 Å². The van der Waals surface area contributed by atoms with Gasteiger partial charge in [-0.3, -0.25) is 0 Å². The number of ether oxygens (including phenoxy) is 1. The Hall–Kier alpha value is -0.820. The van der Waals surface area contributed by atoms with Gasteiger partial charge in [-0.25, -0.2) is 4.39 Å². The zero-order chi connectivity index (χ0) is 9.68. The van der Waals surface area contributed by atoms with Gasteiger partial charge in [-0.2, -0.15) is 0 Å². The molecule has 1 aromatic rings. The van der Waals surface area contributed by atoms with Gasteiger partial charge in [0.05, 0.1) is 5.69 Å². The second-order valence-corrected chi connectivity index (χ2v) is 4.07. The minimum absolute atomic E-state index is 0.316. The maximum absolute atomic E-state index is 12.7. The molecule has 1 atom stereocenters. The molecule has 0 bridgehead atoms. The lowest BCUT2D eigenvalue weighted by Crippen LogP contribution is -1.97. The van der Waals surface area contributed by atoms with Crippen LogP contribution in [0.2, 0.25) is 0 Å². The molecule has 0 saturated carbocycles. The number of anilines is 1. The first-order chi connectivity index (χ1) is 6.24. The molecule has 1 rings (SSSR count). The van der Waals surface area contributed by atoms with Gasteiger partial charge in [-0.05, 0) is 18.3 Å². The van der Waals surface area contributed by atoms with Crippen molar-refractivity contribution in [3.63, 3.8) is 0 Å². The van der Waals surface area contributed by atoms with Gasteiger partial charge >= 0.3 is 0 Å². The number of hydrogen-bond donors (Lipinski definition) is 1. The molecular weight excluding hydrogens is 188 g/mol. The molecule has 72 valence electrons. The minimum Gasteiger partial charge on any atom is -0.487 e. The summed E-state index contributed by atoms with van der Waals surface area (Å²) in [6.07, 6.45) is 1.69. The lowest BCUT2D eigenvalue weighted by Gasteiger charge is -2.07. The van der Waals surface area contributed by atoms with Gasteiger partial charge in [-0.15, -0.1) is 0 Å². The molecule has 0 saturated heterocycles. The van der Waals surface area contributed by atoms with E-state index in [2.05, 4.69) is 6.92 Å². The smallest absolute Gasteiger partial charge is 0.145 e. The van der Waals surface area contributed by atoms with Crippen LogP contribution in [-0.2, 0) is 0 Å². The molecule has 0 amide bonds. The average Bonchev–Trinajstić information content (AvgIpc) is 2.11. The average molecular weight is 201 g/mol. The van der Waals surface area contributed by atoms with E-state index in [-0.39, 0.29) is 5.82 Å². The van der Waals surface area contributed by atoms with E-state index in [0.29, 0.717) is 17.8 Å². The molecule has 1 aromatic carbocycles. The van der Waals surface area contributed by atoms with Crippen molar-refractivity contribution < 1.29 is 9.13 Å². The molecule has 2 nitrogen and oxygen atoms in total. The van der Waals surface area contributed by atoms with Gasteiger partial charge < -0.3 is 10.5 Å². The van der Waals surface area contributed by atoms with Crippen LogP contribution in [0.4, 0.5) is 10.1 Å². The number of hydrogen-bond acceptors (Lipinski definition) is 2. The Morgan fingerprint density at radius 1 is 1.54 bits per heavy atom. The van der Waals surface area contributed by atoms with Crippen molar-refractivity contribution in [2.75, 3.05) is 18.2 Å². The molecule has 0 fully saturated rings. The first kappa shape index (κ1) is 10.3. The third-order valence-corrected chi connectivity index (χ3v) is 2.40. The zero-order valence-corrected chi connectivity index (χ0v) is 8.51. The molecule has 1 unspecified atom stereocenters. The number of benzene rings is 1. The molecule has 0 radical (unpaired) electrons. The summed E-state index contributed by atoms with van der Waals surface area (Å²) in [5, 5.41) is 0. The third kappa shape index (κ3) is 3.19. The molecule has 0 aliphatic heterocycles. The first-order valence-corrected chi connectivity index (χ1v) is 5.54. The highest BCUT2D eigenvalue weighted by Gasteiger charge is 2.00. The van der Waals surface area contributed by atoms with E-state index < -0.39 is 0 Å². The van der Waals surface area contributed by atoms with Gasteiger partial charge in [0.25, 0.3) is 0 Å². The summed E-state index contributed by atoms with van der Waals surface area (Å²) in [7, 11) is 0.733. The van der Waals surface area contributed by atoms with Gasteiger partial charge in [0.1, 0.15) is 17.9 Å². The Balaban J connectivity index is 2.59. The lowest BCUT2D eigenvalue weighted by molar-refractivity contribution is 0.390. The number of rotatable bonds is 4. The van der Waals surface area contributed by atoms with E-state index in [1.807, 2.05) is 0 Å². The lowest BCUT2D eigenvalue weighted by atomic mass is 10.3. The molecule has 0 aromatic heterocycles. The van der Waals surface area contributed by atoms with Crippen molar-refractivity contribution >= 4 is 14.3 Å². The van der Waals surface area contributed by atoms with Crippen molar-refractivity contribution in [2.24, 2.45) is 0 Å². The predicted molar refractivity (Wildman–Crippen MR) is 55.2 cm³/mol. The van der Waals surface area contributed by atoms with Gasteiger partial charge in [-0.1, -0.05) is 15.5 Å². The molecule has 0 aliphatic rings. The summed E-state index contributed by atoms with van der Waals surface area (Å²) in [5.74, 6) is 0.130. The Morgan fingerprint density at radius 2 is 2.31 bits per heavy atom. The van der Waals surface area contributed by atoms with E-state index in [1.165, 1.54) is 18.2 Å². The predicted octanol–water partition coefficient (Wildman–Crippen LogP) is 2.44. The van der Waals surface area contributed by atoms with E-state index in [4.69, 9.17) is 10.5 Å². The summed E-state index contributed by atoms with van der Waals surface area (Å²) in [6, 6.07) is 4.15. The highest BCUT2D eigenvalue weighted by molar-refractivity contribution is 7.37. The SMILES string of the molecule is CCPCOc1cc(F)ccc1N. The maximum atomic E-state index is 12.7. The molecule has 2 N–H and O–H groups in total. The van der Waals surface area contributed by atoms with Crippen molar-refractivity contribution in [3.8, 4) is 5.75 Å². The summed E-state index contributed by atoms with van der Waals surface area (Å²) in [4.78, 5) is 0. The first-order valence-electron chi connectivity index (χ1n) is 4.12. The van der Waals surface area contributed by atoms with Crippen molar-refractivity contribution in [3.05, 3.63) is 24.0 Å². The Morgan fingerprint density at radius 3 is 3.00 bits per heavy atom. The van der Waals surface area contributed by atoms with Crippen LogP contribution in [0.5, 0.6) is 5.75 Å². The largest absolute Gasteiger partial charge is 0.487 e. The number of halogens is 1. The van der Waals surface area contributed by atoms with Crippen LogP contribution >= 0.6 is 8.58 Å².